The normalized spacial score (nSPS) is 10.4. The van der Waals surface area contributed by atoms with Crippen LogP contribution in [0.1, 0.15) is 27.7 Å². The molecule has 128 valence electrons. The van der Waals surface area contributed by atoms with Crippen LogP contribution in [0.2, 0.25) is 0 Å². The van der Waals surface area contributed by atoms with E-state index < -0.39 is 11.8 Å². The lowest BCUT2D eigenvalue weighted by Gasteiger charge is -2.03. The molecule has 2 rings (SSSR count). The summed E-state index contributed by atoms with van der Waals surface area (Å²) in [6.45, 7) is 0.231. The molecule has 2 amide bonds. The molecular formula is C13H19N9O2. The topological polar surface area (TPSA) is 170 Å². The van der Waals surface area contributed by atoms with Gasteiger partial charge in [-0.25, -0.2) is 9.97 Å². The third kappa shape index (κ3) is 3.88. The van der Waals surface area contributed by atoms with Crippen LogP contribution < -0.4 is 22.1 Å². The van der Waals surface area contributed by atoms with Crippen LogP contribution in [0.5, 0.6) is 0 Å². The van der Waals surface area contributed by atoms with Crippen molar-refractivity contribution in [2.75, 3.05) is 17.6 Å². The van der Waals surface area contributed by atoms with Crippen LogP contribution in [0.15, 0.2) is 12.4 Å². The molecule has 0 fully saturated rings. The van der Waals surface area contributed by atoms with Crippen molar-refractivity contribution in [3.8, 4) is 0 Å². The fourth-order valence-electron chi connectivity index (χ4n) is 2.00. The molecule has 0 unspecified atom stereocenters. The van der Waals surface area contributed by atoms with Crippen LogP contribution in [-0.2, 0) is 14.1 Å². The summed E-state index contributed by atoms with van der Waals surface area (Å²) < 4.78 is 2.97. The highest BCUT2D eigenvalue weighted by Crippen LogP contribution is 2.10. The van der Waals surface area contributed by atoms with Crippen LogP contribution >= 0.6 is 0 Å². The van der Waals surface area contributed by atoms with E-state index in [9.17, 15) is 9.59 Å². The van der Waals surface area contributed by atoms with Gasteiger partial charge in [-0.15, -0.1) is 0 Å². The number of nitrogens with two attached hydrogens (primary N) is 2. The van der Waals surface area contributed by atoms with Gasteiger partial charge in [0.1, 0.15) is 5.82 Å². The number of imidazole rings is 2. The summed E-state index contributed by atoms with van der Waals surface area (Å²) in [5.74, 6) is -0.248. The van der Waals surface area contributed by atoms with Crippen molar-refractivity contribution in [3.63, 3.8) is 0 Å². The number of anilines is 2. The van der Waals surface area contributed by atoms with Crippen molar-refractivity contribution in [2.45, 2.75) is 6.42 Å². The Kier molecular flexibility index (Phi) is 4.82. The van der Waals surface area contributed by atoms with E-state index in [1.807, 2.05) is 0 Å². The summed E-state index contributed by atoms with van der Waals surface area (Å²) in [6, 6.07) is 0. The third-order valence-electron chi connectivity index (χ3n) is 3.10. The fourth-order valence-corrected chi connectivity index (χ4v) is 2.00. The van der Waals surface area contributed by atoms with Crippen LogP contribution in [0.4, 0.5) is 11.6 Å². The summed E-state index contributed by atoms with van der Waals surface area (Å²) in [5, 5.41) is 12.3. The number of amidine groups is 1. The van der Waals surface area contributed by atoms with E-state index in [4.69, 9.17) is 16.9 Å². The van der Waals surface area contributed by atoms with Crippen molar-refractivity contribution in [3.05, 3.63) is 24.0 Å². The summed E-state index contributed by atoms with van der Waals surface area (Å²) in [5.41, 5.74) is 10.8. The van der Waals surface area contributed by atoms with Gasteiger partial charge in [-0.2, -0.15) is 0 Å². The Morgan fingerprint density at radius 2 is 1.79 bits per heavy atom. The van der Waals surface area contributed by atoms with Gasteiger partial charge in [0.2, 0.25) is 11.6 Å². The molecule has 0 bridgehead atoms. The van der Waals surface area contributed by atoms with Crippen molar-refractivity contribution in [1.82, 2.24) is 24.4 Å². The second-order valence-corrected chi connectivity index (χ2v) is 5.15. The third-order valence-corrected chi connectivity index (χ3v) is 3.10. The van der Waals surface area contributed by atoms with Crippen LogP contribution in [0.25, 0.3) is 0 Å². The minimum atomic E-state index is -0.490. The Bertz CT molecular complexity index is 789. The van der Waals surface area contributed by atoms with Crippen LogP contribution in [0, 0.1) is 5.41 Å². The summed E-state index contributed by atoms with van der Waals surface area (Å²) in [4.78, 5) is 32.2. The summed E-state index contributed by atoms with van der Waals surface area (Å²) in [6.07, 6.45) is 3.27. The van der Waals surface area contributed by atoms with Gasteiger partial charge in [0.15, 0.2) is 5.82 Å². The van der Waals surface area contributed by atoms with Gasteiger partial charge in [-0.05, 0) is 0 Å². The monoisotopic (exact) mass is 333 g/mol. The highest BCUT2D eigenvalue weighted by atomic mass is 16.2. The number of amides is 2. The minimum Gasteiger partial charge on any atom is -0.388 e. The lowest BCUT2D eigenvalue weighted by atomic mass is 10.4. The zero-order valence-corrected chi connectivity index (χ0v) is 13.3. The molecule has 2 heterocycles. The van der Waals surface area contributed by atoms with Gasteiger partial charge in [0, 0.05) is 39.5 Å². The molecule has 0 atom stereocenters. The number of carbonyl (C=O) groups excluding carboxylic acids is 2. The van der Waals surface area contributed by atoms with Gasteiger partial charge in [0.05, 0.1) is 5.84 Å². The number of hydrogen-bond acceptors (Lipinski definition) is 6. The van der Waals surface area contributed by atoms with Crippen molar-refractivity contribution >= 4 is 29.3 Å². The lowest BCUT2D eigenvalue weighted by Crippen LogP contribution is -2.29. The Morgan fingerprint density at radius 3 is 2.38 bits per heavy atom. The van der Waals surface area contributed by atoms with E-state index in [1.54, 1.807) is 14.1 Å². The predicted octanol–water partition coefficient (Wildman–Crippen LogP) is -0.956. The standard InChI is InChI=1S/C13H19N9O2/c1-21-5-8(16)18-11(21)13(24)20-9-6-22(2)10(19-9)12(23)17-4-3-7(14)15/h5-6H,3-4,16H2,1-2H3,(H3,14,15)(H,17,23)(H,20,24). The van der Waals surface area contributed by atoms with E-state index in [1.165, 1.54) is 21.5 Å². The van der Waals surface area contributed by atoms with Crippen LogP contribution in [0.3, 0.4) is 0 Å². The molecule has 2 aromatic rings. The van der Waals surface area contributed by atoms with Crippen molar-refractivity contribution in [1.29, 1.82) is 5.41 Å². The number of nitrogen functional groups attached to an aromatic ring is 1. The zero-order chi connectivity index (χ0) is 17.9. The van der Waals surface area contributed by atoms with E-state index in [-0.39, 0.29) is 42.1 Å². The van der Waals surface area contributed by atoms with Crippen LogP contribution in [-0.4, -0.2) is 43.3 Å². The van der Waals surface area contributed by atoms with E-state index in [0.717, 1.165) is 0 Å². The Labute approximate surface area is 137 Å². The Balaban J connectivity index is 2.05. The van der Waals surface area contributed by atoms with Gasteiger partial charge in [-0.1, -0.05) is 0 Å². The van der Waals surface area contributed by atoms with E-state index in [0.29, 0.717) is 0 Å². The molecule has 2 aromatic heterocycles. The first-order chi connectivity index (χ1) is 11.3. The molecule has 11 heteroatoms. The number of hydrogen-bond donors (Lipinski definition) is 5. The lowest BCUT2D eigenvalue weighted by molar-refractivity contribution is 0.0940. The molecule has 0 aliphatic heterocycles. The fraction of sp³-hybridized carbons (Fsp3) is 0.308. The maximum absolute atomic E-state index is 12.1. The maximum Gasteiger partial charge on any atom is 0.292 e. The average molecular weight is 333 g/mol. The molecule has 0 radical (unpaired) electrons. The highest BCUT2D eigenvalue weighted by Gasteiger charge is 2.18. The number of rotatable bonds is 6. The number of nitrogens with zero attached hydrogens (tertiary/aromatic N) is 4. The molecule has 0 saturated carbocycles. The SMILES string of the molecule is Cn1cc(NC(=O)c2nc(N)cn2C)nc1C(=O)NCCC(=N)N. The maximum atomic E-state index is 12.1. The first-order valence-corrected chi connectivity index (χ1v) is 7.02. The molecule has 0 aromatic carbocycles. The number of aryl methyl sites for hydroxylation is 2. The first-order valence-electron chi connectivity index (χ1n) is 7.02. The molecule has 11 nitrogen and oxygen atoms in total. The molecule has 0 spiro atoms. The average Bonchev–Trinajstić information content (AvgIpc) is 3.00. The van der Waals surface area contributed by atoms with E-state index in [2.05, 4.69) is 20.6 Å². The quantitative estimate of drug-likeness (QED) is 0.337. The van der Waals surface area contributed by atoms with Gasteiger partial charge in [-0.3, -0.25) is 15.0 Å². The first kappa shape index (κ1) is 17.0. The zero-order valence-electron chi connectivity index (χ0n) is 13.3. The summed E-state index contributed by atoms with van der Waals surface area (Å²) >= 11 is 0. The van der Waals surface area contributed by atoms with Gasteiger partial charge < -0.3 is 31.2 Å². The minimum absolute atomic E-state index is 0.0163. The Hall–Kier alpha value is -3.37. The molecule has 0 aliphatic rings. The molecule has 7 N–H and O–H groups in total. The number of aromatic nitrogens is 4. The van der Waals surface area contributed by atoms with Gasteiger partial charge >= 0.3 is 0 Å². The number of nitrogens with one attached hydrogen (secondary N) is 3. The highest BCUT2D eigenvalue weighted by molar-refractivity contribution is 6.02. The second-order valence-electron chi connectivity index (χ2n) is 5.15. The molecule has 0 saturated heterocycles. The molecular weight excluding hydrogens is 314 g/mol. The Morgan fingerprint density at radius 1 is 1.17 bits per heavy atom. The molecule has 0 aliphatic carbocycles. The van der Waals surface area contributed by atoms with Crippen molar-refractivity contribution in [2.24, 2.45) is 19.8 Å². The largest absolute Gasteiger partial charge is 0.388 e. The van der Waals surface area contributed by atoms with E-state index >= 15 is 0 Å². The van der Waals surface area contributed by atoms with Crippen molar-refractivity contribution < 1.29 is 9.59 Å². The number of carbonyl (C=O) groups is 2. The smallest absolute Gasteiger partial charge is 0.292 e. The molecule has 24 heavy (non-hydrogen) atoms. The predicted molar refractivity (Wildman–Crippen MR) is 87.6 cm³/mol. The van der Waals surface area contributed by atoms with Gasteiger partial charge in [0.25, 0.3) is 11.8 Å². The second kappa shape index (κ2) is 6.81. The summed E-state index contributed by atoms with van der Waals surface area (Å²) in [7, 11) is 3.27.